The number of carbonyl (C=O) groups excluding carboxylic acids is 4. The summed E-state index contributed by atoms with van der Waals surface area (Å²) >= 11 is 0. The Bertz CT molecular complexity index is 2090. The molecule has 0 spiro atoms. The molecule has 0 aromatic carbocycles. The van der Waals surface area contributed by atoms with Crippen molar-refractivity contribution in [3.05, 3.63) is 25.3 Å². The highest BCUT2D eigenvalue weighted by molar-refractivity contribution is 5.82. The summed E-state index contributed by atoms with van der Waals surface area (Å²) in [6.07, 6.45) is -81.5. The molecule has 79 heavy (non-hydrogen) atoms. The number of hydrogen-bond acceptors (Lipinski definition) is 14. The van der Waals surface area contributed by atoms with Gasteiger partial charge < -0.3 is 33.7 Å². The van der Waals surface area contributed by atoms with Gasteiger partial charge in [0.2, 0.25) is 0 Å². The minimum atomic E-state index is -9.25. The number of nitrogens with one attached hydrogen (secondary N) is 1. The highest BCUT2D eigenvalue weighted by Crippen LogP contribution is 2.61. The summed E-state index contributed by atoms with van der Waals surface area (Å²) < 4.78 is 424. The molecule has 8 atom stereocenters. The molecule has 0 aliphatic heterocycles. The van der Waals surface area contributed by atoms with Crippen LogP contribution in [0.15, 0.2) is 25.3 Å². The number of halogens is 28. The van der Waals surface area contributed by atoms with Crippen LogP contribution in [0.4, 0.5) is 128 Å². The molecule has 0 aliphatic carbocycles. The summed E-state index contributed by atoms with van der Waals surface area (Å²) in [5.74, 6) is -40.8. The highest BCUT2D eigenvalue weighted by Gasteiger charge is 2.90. The molecule has 1 amide bonds. The number of rotatable bonds is 29. The summed E-state index contributed by atoms with van der Waals surface area (Å²) in [7, 11) is 0. The van der Waals surface area contributed by atoms with Crippen LogP contribution in [0.2, 0.25) is 0 Å². The molecule has 0 heterocycles. The number of amides is 1. The van der Waals surface area contributed by atoms with E-state index in [9.17, 15) is 133 Å². The van der Waals surface area contributed by atoms with Gasteiger partial charge in [0, 0.05) is 12.2 Å². The lowest BCUT2D eigenvalue weighted by Gasteiger charge is -2.44. The third kappa shape index (κ3) is 17.2. The quantitative estimate of drug-likeness (QED) is 0.0324. The van der Waals surface area contributed by atoms with Gasteiger partial charge in [0.05, 0.1) is 25.4 Å². The summed E-state index contributed by atoms with van der Waals surface area (Å²) in [6, 6.07) is 0. The fourth-order valence-electron chi connectivity index (χ4n) is 4.38. The van der Waals surface area contributed by atoms with Gasteiger partial charge in [-0.05, 0) is 34.6 Å². The van der Waals surface area contributed by atoms with Gasteiger partial charge in [-0.25, -0.2) is 23.6 Å². The van der Waals surface area contributed by atoms with Crippen LogP contribution >= 0.6 is 0 Å². The van der Waals surface area contributed by atoms with E-state index in [0.717, 1.165) is 35.5 Å². The van der Waals surface area contributed by atoms with Gasteiger partial charge in [-0.2, -0.15) is 119 Å². The minimum Gasteiger partial charge on any atom is -0.460 e. The molecule has 43 heteroatoms. The Kier molecular flexibility index (Phi) is 23.0. The first-order valence-electron chi connectivity index (χ1n) is 19.8. The molecular weight excluding hydrogens is 1200 g/mol. The lowest BCUT2D eigenvalue weighted by Crippen LogP contribution is -2.72. The second-order valence-electron chi connectivity index (χ2n) is 15.8. The van der Waals surface area contributed by atoms with E-state index < -0.39 is 172 Å². The monoisotopic (exact) mass is 1240 g/mol. The van der Waals surface area contributed by atoms with E-state index in [4.69, 9.17) is 23.7 Å². The number of hydrogen-bond donors (Lipinski definition) is 1. The van der Waals surface area contributed by atoms with Crippen LogP contribution in [-0.4, -0.2) is 165 Å². The van der Waals surface area contributed by atoms with E-state index in [1.165, 1.54) is 11.7 Å². The number of alkyl halides is 28. The first-order valence-corrected chi connectivity index (χ1v) is 19.8. The molecule has 0 aromatic heterocycles. The highest BCUT2D eigenvalue weighted by atomic mass is 19.4. The Morgan fingerprint density at radius 1 is 0.430 bits per heavy atom. The second-order valence-corrected chi connectivity index (χ2v) is 15.8. The molecule has 0 radical (unpaired) electrons. The van der Waals surface area contributed by atoms with E-state index >= 15 is 8.78 Å². The second kappa shape index (κ2) is 24.6. The summed E-state index contributed by atoms with van der Waals surface area (Å²) in [6.45, 7) is 3.98. The number of esters is 3. The van der Waals surface area contributed by atoms with E-state index in [2.05, 4.69) is 23.2 Å². The van der Waals surface area contributed by atoms with Crippen LogP contribution in [0, 0.1) is 0 Å². The van der Waals surface area contributed by atoms with Crippen LogP contribution in [0.3, 0.4) is 0 Å². The first-order chi connectivity index (χ1) is 34.7. The third-order valence-corrected chi connectivity index (χ3v) is 8.79. The smallest absolute Gasteiger partial charge is 0.460 e. The fourth-order valence-corrected chi connectivity index (χ4v) is 4.38. The van der Waals surface area contributed by atoms with Gasteiger partial charge in [-0.3, -0.25) is 18.9 Å². The molecule has 0 saturated carbocycles. The molecular formula is C36H35F28NO14. The van der Waals surface area contributed by atoms with Crippen molar-refractivity contribution in [2.75, 3.05) is 33.0 Å². The van der Waals surface area contributed by atoms with Crippen molar-refractivity contribution >= 4 is 24.0 Å². The van der Waals surface area contributed by atoms with Crippen LogP contribution in [0.1, 0.15) is 34.6 Å². The SMILES string of the molecule is C=CC(=O)OCC(C)(COC(=O)C=C)NC(=O)OCC(C)OCC(C)OCC(C)OC(=O)C(F)(OC(F)(F)C(F)(OC(F)(F)C(F)(OC(F)(F)C(F)(OC(F)(F)C(C)(F)C(F)(F)F)C(F)(F)F)C(F)(F)F)C(F)(F)F)C(F)(F)F. The Labute approximate surface area is 420 Å². The van der Waals surface area contributed by atoms with E-state index in [-0.39, 0.29) is 6.92 Å². The van der Waals surface area contributed by atoms with Gasteiger partial charge in [0.15, 0.2) is 0 Å². The van der Waals surface area contributed by atoms with Crippen molar-refractivity contribution in [1.82, 2.24) is 5.32 Å². The molecule has 15 nitrogen and oxygen atoms in total. The molecule has 0 fully saturated rings. The molecule has 0 rings (SSSR count). The maximum atomic E-state index is 15.2. The predicted molar refractivity (Wildman–Crippen MR) is 191 cm³/mol. The van der Waals surface area contributed by atoms with Gasteiger partial charge in [0.1, 0.15) is 31.5 Å². The zero-order valence-electron chi connectivity index (χ0n) is 39.1. The van der Waals surface area contributed by atoms with Crippen LogP contribution < -0.4 is 5.32 Å². The summed E-state index contributed by atoms with van der Waals surface area (Å²) in [5.41, 5.74) is -8.65. The first kappa shape index (κ1) is 74.0. The predicted octanol–water partition coefficient (Wildman–Crippen LogP) is 10.3. The molecule has 464 valence electrons. The van der Waals surface area contributed by atoms with Gasteiger partial charge >= 0.3 is 103 Å². The molecule has 8 unspecified atom stereocenters. The minimum absolute atomic E-state index is 0.274. The van der Waals surface area contributed by atoms with Crippen molar-refractivity contribution < 1.29 is 189 Å². The van der Waals surface area contributed by atoms with Crippen LogP contribution in [-0.2, 0) is 61.8 Å². The lowest BCUT2D eigenvalue weighted by atomic mass is 10.1. The largest absolute Gasteiger partial charge is 0.460 e. The van der Waals surface area contributed by atoms with E-state index in [0.29, 0.717) is 0 Å². The van der Waals surface area contributed by atoms with E-state index in [1.54, 1.807) is 4.74 Å². The maximum absolute atomic E-state index is 15.2. The Hall–Kier alpha value is -5.04. The normalized spacial score (nSPS) is 18.9. The third-order valence-electron chi connectivity index (χ3n) is 8.79. The van der Waals surface area contributed by atoms with Gasteiger partial charge in [-0.15, -0.1) is 0 Å². The van der Waals surface area contributed by atoms with Crippen molar-refractivity contribution in [3.63, 3.8) is 0 Å². The van der Waals surface area contributed by atoms with Crippen molar-refractivity contribution in [1.29, 1.82) is 0 Å². The zero-order valence-corrected chi connectivity index (χ0v) is 39.1. The summed E-state index contributed by atoms with van der Waals surface area (Å²) in [5, 5.41) is 2.18. The van der Waals surface area contributed by atoms with Gasteiger partial charge in [0.25, 0.3) is 5.67 Å². The Morgan fingerprint density at radius 3 is 1.06 bits per heavy atom. The molecule has 0 aromatic rings. The van der Waals surface area contributed by atoms with Crippen molar-refractivity contribution in [3.8, 4) is 0 Å². The molecule has 0 bridgehead atoms. The number of carbonyl (C=O) groups is 4. The van der Waals surface area contributed by atoms with Crippen LogP contribution in [0.25, 0.3) is 0 Å². The average Bonchev–Trinajstić information content (AvgIpc) is 3.24. The number of ether oxygens (including phenoxy) is 10. The standard InChI is InChI=1S/C36H35F28NO14/c1-8-18(66)73-13-22(6,14-74-19(67)9-2)65-21(69)72-11-16(4)70-10-15(3)71-12-17(5)75-20(68)24(38,29(45,46)47)76-34(59,60)25(39,30(48,49)50)78-36(63,64)27(41,32(54,55)56)79-35(61,62)26(40,31(51,52)53)77-33(57,58)23(7,37)28(42,43)44/h8-9,15-17H,1-2,10-14H2,3-7H3,(H,65,69). The summed E-state index contributed by atoms with van der Waals surface area (Å²) in [4.78, 5) is 47.5. The van der Waals surface area contributed by atoms with Crippen LogP contribution in [0.5, 0.6) is 0 Å². The number of alkyl carbamates (subject to hydrolysis) is 1. The van der Waals surface area contributed by atoms with E-state index in [1.807, 2.05) is 0 Å². The molecule has 0 aliphatic rings. The molecule has 1 N–H and O–H groups in total. The topological polar surface area (TPSA) is 173 Å². The fraction of sp³-hybridized carbons (Fsp3) is 0.778. The Balaban J connectivity index is 6.67. The maximum Gasteiger partial charge on any atom is 0.460 e. The van der Waals surface area contributed by atoms with Gasteiger partial charge in [-0.1, -0.05) is 13.2 Å². The average molecular weight is 1240 g/mol. The van der Waals surface area contributed by atoms with Crippen molar-refractivity contribution in [2.45, 2.75) is 143 Å². The molecule has 0 saturated heterocycles. The Morgan fingerprint density at radius 2 is 0.747 bits per heavy atom. The lowest BCUT2D eigenvalue weighted by molar-refractivity contribution is -0.590. The van der Waals surface area contributed by atoms with Crippen molar-refractivity contribution in [2.24, 2.45) is 0 Å². The zero-order chi connectivity index (χ0) is 63.3.